The van der Waals surface area contributed by atoms with Crippen LogP contribution in [0.1, 0.15) is 32.4 Å². The van der Waals surface area contributed by atoms with Gasteiger partial charge in [0.25, 0.3) is 0 Å². The van der Waals surface area contributed by atoms with Crippen molar-refractivity contribution in [3.05, 3.63) is 22.2 Å². The summed E-state index contributed by atoms with van der Waals surface area (Å²) in [6.07, 6.45) is 4.60. The molecule has 0 amide bonds. The zero-order valence-electron chi connectivity index (χ0n) is 8.43. The van der Waals surface area contributed by atoms with E-state index in [4.69, 9.17) is 23.2 Å². The number of rotatable bonds is 4. The summed E-state index contributed by atoms with van der Waals surface area (Å²) in [4.78, 5) is 7.91. The first-order valence-electron chi connectivity index (χ1n) is 4.76. The summed E-state index contributed by atoms with van der Waals surface area (Å²) in [7, 11) is 0. The van der Waals surface area contributed by atoms with Gasteiger partial charge >= 0.3 is 0 Å². The lowest BCUT2D eigenvalue weighted by atomic mass is 10.1. The highest BCUT2D eigenvalue weighted by Crippen LogP contribution is 2.23. The molecule has 14 heavy (non-hydrogen) atoms. The molecule has 2 nitrogen and oxygen atoms in total. The van der Waals surface area contributed by atoms with Crippen LogP contribution < -0.4 is 0 Å². The molecule has 1 heterocycles. The molecule has 0 fully saturated rings. The van der Waals surface area contributed by atoms with Gasteiger partial charge in [-0.2, -0.15) is 0 Å². The standard InChI is InChI=1S/C10H14Cl2N2/c1-7(2)4-3-5-8-9(11)10(12)14-6-13-8/h6-7H,3-5H2,1-2H3. The number of halogens is 2. The van der Waals surface area contributed by atoms with E-state index in [-0.39, 0.29) is 0 Å². The number of hydrogen-bond donors (Lipinski definition) is 0. The normalized spacial score (nSPS) is 10.9. The second kappa shape index (κ2) is 5.52. The molecule has 1 aromatic rings. The van der Waals surface area contributed by atoms with Crippen molar-refractivity contribution in [1.29, 1.82) is 0 Å². The van der Waals surface area contributed by atoms with Crippen molar-refractivity contribution >= 4 is 23.2 Å². The van der Waals surface area contributed by atoms with Crippen molar-refractivity contribution in [2.24, 2.45) is 5.92 Å². The lowest BCUT2D eigenvalue weighted by Crippen LogP contribution is -1.96. The molecule has 0 N–H and O–H groups in total. The Morgan fingerprint density at radius 1 is 1.29 bits per heavy atom. The number of aryl methyl sites for hydroxylation is 1. The van der Waals surface area contributed by atoms with E-state index in [1.54, 1.807) is 0 Å². The van der Waals surface area contributed by atoms with Crippen LogP contribution in [0.4, 0.5) is 0 Å². The monoisotopic (exact) mass is 232 g/mol. The van der Waals surface area contributed by atoms with Gasteiger partial charge in [-0.15, -0.1) is 0 Å². The smallest absolute Gasteiger partial charge is 0.151 e. The second-order valence-electron chi connectivity index (χ2n) is 3.71. The van der Waals surface area contributed by atoms with Gasteiger partial charge in [-0.3, -0.25) is 0 Å². The average Bonchev–Trinajstić information content (AvgIpc) is 2.12. The van der Waals surface area contributed by atoms with E-state index in [1.807, 2.05) is 0 Å². The van der Waals surface area contributed by atoms with E-state index < -0.39 is 0 Å². The molecule has 0 saturated carbocycles. The van der Waals surface area contributed by atoms with Crippen molar-refractivity contribution in [1.82, 2.24) is 9.97 Å². The molecule has 0 aliphatic carbocycles. The lowest BCUT2D eigenvalue weighted by Gasteiger charge is -2.05. The molecule has 0 radical (unpaired) electrons. The molecule has 0 atom stereocenters. The van der Waals surface area contributed by atoms with E-state index in [0.717, 1.165) is 18.5 Å². The van der Waals surface area contributed by atoms with E-state index in [9.17, 15) is 0 Å². The first kappa shape index (κ1) is 11.7. The topological polar surface area (TPSA) is 25.8 Å². The van der Waals surface area contributed by atoms with Crippen LogP contribution >= 0.6 is 23.2 Å². The Morgan fingerprint density at radius 3 is 2.64 bits per heavy atom. The van der Waals surface area contributed by atoms with Gasteiger partial charge in [-0.1, -0.05) is 43.5 Å². The highest BCUT2D eigenvalue weighted by molar-refractivity contribution is 6.41. The molecule has 0 aliphatic rings. The molecule has 0 aliphatic heterocycles. The molecule has 0 aromatic carbocycles. The average molecular weight is 233 g/mol. The summed E-state index contributed by atoms with van der Waals surface area (Å²) in [5.41, 5.74) is 0.854. The minimum Gasteiger partial charge on any atom is -0.240 e. The van der Waals surface area contributed by atoms with Crippen molar-refractivity contribution in [3.8, 4) is 0 Å². The molecule has 0 unspecified atom stereocenters. The van der Waals surface area contributed by atoms with Crippen LogP contribution in [0.5, 0.6) is 0 Å². The Bertz CT molecular complexity index is 300. The maximum Gasteiger partial charge on any atom is 0.151 e. The van der Waals surface area contributed by atoms with Gasteiger partial charge in [0.05, 0.1) is 10.7 Å². The highest BCUT2D eigenvalue weighted by Gasteiger charge is 2.06. The number of aromatic nitrogens is 2. The van der Waals surface area contributed by atoms with Crippen LogP contribution in [-0.4, -0.2) is 9.97 Å². The SMILES string of the molecule is CC(C)CCCc1ncnc(Cl)c1Cl. The van der Waals surface area contributed by atoms with E-state index in [2.05, 4.69) is 23.8 Å². The quantitative estimate of drug-likeness (QED) is 0.740. The summed E-state index contributed by atoms with van der Waals surface area (Å²) in [5.74, 6) is 0.714. The Labute approximate surface area is 94.7 Å². The lowest BCUT2D eigenvalue weighted by molar-refractivity contribution is 0.553. The number of hydrogen-bond acceptors (Lipinski definition) is 2. The zero-order valence-corrected chi connectivity index (χ0v) is 9.94. The molecule has 4 heteroatoms. The van der Waals surface area contributed by atoms with Gasteiger partial charge in [-0.25, -0.2) is 9.97 Å². The minimum absolute atomic E-state index is 0.348. The Kier molecular flexibility index (Phi) is 4.63. The molecule has 1 aromatic heterocycles. The van der Waals surface area contributed by atoms with Crippen LogP contribution in [0.15, 0.2) is 6.33 Å². The van der Waals surface area contributed by atoms with Crippen molar-refractivity contribution in [2.45, 2.75) is 33.1 Å². The van der Waals surface area contributed by atoms with E-state index >= 15 is 0 Å². The predicted molar refractivity (Wildman–Crippen MR) is 59.8 cm³/mol. The minimum atomic E-state index is 0.348. The number of nitrogens with zero attached hydrogens (tertiary/aromatic N) is 2. The highest BCUT2D eigenvalue weighted by atomic mass is 35.5. The third-order valence-corrected chi connectivity index (χ3v) is 2.79. The van der Waals surface area contributed by atoms with Gasteiger partial charge in [0.15, 0.2) is 5.15 Å². The first-order valence-corrected chi connectivity index (χ1v) is 5.51. The molecule has 0 bridgehead atoms. The maximum atomic E-state index is 5.95. The van der Waals surface area contributed by atoms with Gasteiger partial charge in [0, 0.05) is 0 Å². The third kappa shape index (κ3) is 3.43. The third-order valence-electron chi connectivity index (χ3n) is 2.01. The summed E-state index contributed by atoms with van der Waals surface area (Å²) < 4.78 is 0. The van der Waals surface area contributed by atoms with Crippen molar-refractivity contribution in [2.75, 3.05) is 0 Å². The Hall–Kier alpha value is -0.340. The van der Waals surface area contributed by atoms with Gasteiger partial charge in [0.1, 0.15) is 6.33 Å². The Balaban J connectivity index is 2.54. The first-order chi connectivity index (χ1) is 6.61. The predicted octanol–water partition coefficient (Wildman–Crippen LogP) is 3.76. The summed E-state index contributed by atoms with van der Waals surface area (Å²) in [5, 5.41) is 0.846. The fourth-order valence-electron chi connectivity index (χ4n) is 1.23. The van der Waals surface area contributed by atoms with E-state index in [1.165, 1.54) is 12.7 Å². The molecule has 78 valence electrons. The zero-order chi connectivity index (χ0) is 10.6. The van der Waals surface area contributed by atoms with E-state index in [0.29, 0.717) is 16.1 Å². The Morgan fingerprint density at radius 2 is 2.00 bits per heavy atom. The van der Waals surface area contributed by atoms with Crippen LogP contribution in [0.3, 0.4) is 0 Å². The van der Waals surface area contributed by atoms with Crippen LogP contribution in [0.25, 0.3) is 0 Å². The van der Waals surface area contributed by atoms with Crippen LogP contribution in [0.2, 0.25) is 10.2 Å². The molecule has 1 rings (SSSR count). The summed E-state index contributed by atoms with van der Waals surface area (Å²) in [6, 6.07) is 0. The van der Waals surface area contributed by atoms with Crippen LogP contribution in [0, 0.1) is 5.92 Å². The molecular formula is C10H14Cl2N2. The summed E-state index contributed by atoms with van der Waals surface area (Å²) in [6.45, 7) is 4.41. The molecule has 0 spiro atoms. The second-order valence-corrected chi connectivity index (χ2v) is 4.45. The molecular weight excluding hydrogens is 219 g/mol. The summed E-state index contributed by atoms with van der Waals surface area (Å²) >= 11 is 11.7. The fourth-order valence-corrected chi connectivity index (χ4v) is 1.58. The van der Waals surface area contributed by atoms with Crippen molar-refractivity contribution < 1.29 is 0 Å². The van der Waals surface area contributed by atoms with Gasteiger partial charge in [-0.05, 0) is 18.8 Å². The van der Waals surface area contributed by atoms with Gasteiger partial charge in [0.2, 0.25) is 0 Å². The molecule has 0 saturated heterocycles. The fraction of sp³-hybridized carbons (Fsp3) is 0.600. The largest absolute Gasteiger partial charge is 0.240 e. The maximum absolute atomic E-state index is 5.95. The van der Waals surface area contributed by atoms with Crippen molar-refractivity contribution in [3.63, 3.8) is 0 Å². The van der Waals surface area contributed by atoms with Gasteiger partial charge < -0.3 is 0 Å². The van der Waals surface area contributed by atoms with Crippen LogP contribution in [-0.2, 0) is 6.42 Å².